The fraction of sp³-hybridized carbons (Fsp3) is 0.417. The zero-order valence-electron chi connectivity index (χ0n) is 17.4. The van der Waals surface area contributed by atoms with Crippen molar-refractivity contribution in [3.8, 4) is 0 Å². The number of aliphatic hydroxyl groups excluding tert-OH is 1. The summed E-state index contributed by atoms with van der Waals surface area (Å²) in [6.07, 6.45) is -3.42. The summed E-state index contributed by atoms with van der Waals surface area (Å²) in [4.78, 5) is 6.50. The Kier molecular flexibility index (Phi) is 6.65. The number of aromatic amines is 1. The Morgan fingerprint density at radius 2 is 1.84 bits per heavy atom. The molecule has 1 aliphatic rings. The first kappa shape index (κ1) is 21.9. The minimum Gasteiger partial charge on any atom is -0.372 e. The predicted molar refractivity (Wildman–Crippen MR) is 116 cm³/mol. The first-order chi connectivity index (χ1) is 14.9. The number of halogens is 3. The average Bonchev–Trinajstić information content (AvgIpc) is 3.20. The van der Waals surface area contributed by atoms with Crippen molar-refractivity contribution in [1.82, 2.24) is 14.8 Å². The highest BCUT2D eigenvalue weighted by Gasteiger charge is 2.39. The Labute approximate surface area is 180 Å². The number of para-hydroxylation sites is 1. The molecule has 1 aromatic heterocycles. The molecule has 1 aliphatic heterocycles. The molecule has 166 valence electrons. The van der Waals surface area contributed by atoms with Gasteiger partial charge in [0, 0.05) is 24.6 Å². The lowest BCUT2D eigenvalue weighted by Crippen LogP contribution is -2.52. The molecule has 2 aromatic carbocycles. The van der Waals surface area contributed by atoms with Crippen molar-refractivity contribution in [1.29, 1.82) is 0 Å². The Balaban J connectivity index is 1.49. The lowest BCUT2D eigenvalue weighted by Gasteiger charge is -2.41. The molecule has 0 spiro atoms. The predicted octanol–water partition coefficient (Wildman–Crippen LogP) is 4.73. The maximum Gasteiger partial charge on any atom is 0.401 e. The molecule has 1 fully saturated rings. The molecule has 2 unspecified atom stereocenters. The van der Waals surface area contributed by atoms with Crippen molar-refractivity contribution in [2.75, 3.05) is 26.2 Å². The van der Waals surface area contributed by atoms with Crippen LogP contribution in [0, 0.1) is 0 Å². The largest absolute Gasteiger partial charge is 0.401 e. The normalized spacial score (nSPS) is 19.2. The van der Waals surface area contributed by atoms with E-state index in [1.807, 2.05) is 42.5 Å². The molecule has 31 heavy (non-hydrogen) atoms. The summed E-state index contributed by atoms with van der Waals surface area (Å²) in [6.45, 7) is 1.04. The van der Waals surface area contributed by atoms with E-state index in [4.69, 9.17) is 0 Å². The van der Waals surface area contributed by atoms with Crippen LogP contribution in [0.1, 0.15) is 30.3 Å². The zero-order valence-corrected chi connectivity index (χ0v) is 17.4. The van der Waals surface area contributed by atoms with Gasteiger partial charge in [-0.3, -0.25) is 4.90 Å². The highest BCUT2D eigenvalue weighted by atomic mass is 19.4. The molecule has 3 aromatic rings. The number of aromatic nitrogens is 1. The Bertz CT molecular complexity index is 940. The molecule has 2 atom stereocenters. The van der Waals surface area contributed by atoms with Gasteiger partial charge in [0.15, 0.2) is 0 Å². The summed E-state index contributed by atoms with van der Waals surface area (Å²) in [7, 11) is 0. The average molecular weight is 432 g/mol. The van der Waals surface area contributed by atoms with Crippen LogP contribution in [0.15, 0.2) is 60.7 Å². The van der Waals surface area contributed by atoms with Crippen LogP contribution in [0.5, 0.6) is 0 Å². The molecule has 2 N–H and O–H groups in total. The summed E-state index contributed by atoms with van der Waals surface area (Å²) in [6, 6.07) is 18.9. The number of fused-ring (bicyclic) bond motifs is 1. The van der Waals surface area contributed by atoms with Crippen molar-refractivity contribution in [3.05, 3.63) is 71.9 Å². The van der Waals surface area contributed by atoms with Crippen LogP contribution in [0.2, 0.25) is 0 Å². The molecule has 0 saturated carbocycles. The minimum atomic E-state index is -4.39. The Morgan fingerprint density at radius 1 is 1.10 bits per heavy atom. The topological polar surface area (TPSA) is 42.5 Å². The molecule has 4 nitrogen and oxygen atoms in total. The second kappa shape index (κ2) is 9.42. The van der Waals surface area contributed by atoms with Gasteiger partial charge in [-0.25, -0.2) is 0 Å². The van der Waals surface area contributed by atoms with Crippen molar-refractivity contribution in [2.45, 2.75) is 37.7 Å². The maximum absolute atomic E-state index is 13.4. The highest BCUT2D eigenvalue weighted by Crippen LogP contribution is 2.30. The third-order valence-electron chi connectivity index (χ3n) is 6.01. The lowest BCUT2D eigenvalue weighted by atomic mass is 10.0. The van der Waals surface area contributed by atoms with E-state index in [2.05, 4.69) is 22.0 Å². The van der Waals surface area contributed by atoms with E-state index in [1.54, 1.807) is 6.07 Å². The third-order valence-corrected chi connectivity index (χ3v) is 6.01. The molecule has 0 radical (unpaired) electrons. The summed E-state index contributed by atoms with van der Waals surface area (Å²) in [5.41, 5.74) is 2.42. The van der Waals surface area contributed by atoms with Gasteiger partial charge in [0.1, 0.15) is 6.23 Å². The summed E-state index contributed by atoms with van der Waals surface area (Å²) < 4.78 is 40.3. The molecule has 1 saturated heterocycles. The number of alkyl halides is 3. The quantitative estimate of drug-likeness (QED) is 0.532. The van der Waals surface area contributed by atoms with Gasteiger partial charge < -0.3 is 15.0 Å². The zero-order chi connectivity index (χ0) is 21.8. The molecule has 0 amide bonds. The number of hydrogen-bond donors (Lipinski definition) is 2. The first-order valence-electron chi connectivity index (χ1n) is 10.7. The number of benzene rings is 2. The number of H-pyrrole nitrogens is 1. The van der Waals surface area contributed by atoms with E-state index in [0.29, 0.717) is 18.7 Å². The number of hydrogen-bond acceptors (Lipinski definition) is 3. The van der Waals surface area contributed by atoms with E-state index < -0.39 is 18.9 Å². The fourth-order valence-corrected chi connectivity index (χ4v) is 4.47. The van der Waals surface area contributed by atoms with Gasteiger partial charge in [-0.15, -0.1) is 0 Å². The number of nitrogens with one attached hydrogen (secondary N) is 1. The van der Waals surface area contributed by atoms with Crippen molar-refractivity contribution < 1.29 is 18.3 Å². The number of nitrogens with zero attached hydrogens (tertiary/aromatic N) is 2. The molecular weight excluding hydrogens is 403 g/mol. The highest BCUT2D eigenvalue weighted by molar-refractivity contribution is 5.80. The van der Waals surface area contributed by atoms with Crippen LogP contribution in [0.25, 0.3) is 10.9 Å². The summed E-state index contributed by atoms with van der Waals surface area (Å²) >= 11 is 0. The summed E-state index contributed by atoms with van der Waals surface area (Å²) in [5.74, 6) is 0. The standard InChI is InChI=1S/C24H28F3N3O/c25-24(26,27)17-30(23(31)22-15-19-9-4-5-11-21(19)28-22)20-10-6-13-29(16-20)14-12-18-7-2-1-3-8-18/h1-5,7-9,11,15,20,23,28,31H,6,10,12-14,16-17H2. The van der Waals surface area contributed by atoms with E-state index >= 15 is 0 Å². The Hall–Kier alpha value is -2.35. The first-order valence-corrected chi connectivity index (χ1v) is 10.7. The van der Waals surface area contributed by atoms with Crippen LogP contribution in [-0.2, 0) is 6.42 Å². The summed E-state index contributed by atoms with van der Waals surface area (Å²) in [5, 5.41) is 11.8. The Morgan fingerprint density at radius 3 is 2.58 bits per heavy atom. The van der Waals surface area contributed by atoms with Crippen LogP contribution in [-0.4, -0.2) is 58.3 Å². The monoisotopic (exact) mass is 431 g/mol. The van der Waals surface area contributed by atoms with E-state index in [9.17, 15) is 18.3 Å². The van der Waals surface area contributed by atoms with Gasteiger partial charge in [0.2, 0.25) is 0 Å². The van der Waals surface area contributed by atoms with Crippen molar-refractivity contribution in [2.24, 2.45) is 0 Å². The van der Waals surface area contributed by atoms with E-state index in [-0.39, 0.29) is 6.04 Å². The smallest absolute Gasteiger partial charge is 0.372 e. The molecule has 2 heterocycles. The molecule has 7 heteroatoms. The van der Waals surface area contributed by atoms with Gasteiger partial charge in [-0.2, -0.15) is 13.2 Å². The number of aliphatic hydroxyl groups is 1. The lowest BCUT2D eigenvalue weighted by molar-refractivity contribution is -0.180. The maximum atomic E-state index is 13.4. The van der Waals surface area contributed by atoms with E-state index in [0.717, 1.165) is 36.8 Å². The van der Waals surface area contributed by atoms with Gasteiger partial charge in [0.25, 0.3) is 0 Å². The van der Waals surface area contributed by atoms with Gasteiger partial charge in [-0.05, 0) is 48.9 Å². The van der Waals surface area contributed by atoms with Gasteiger partial charge in [0.05, 0.1) is 12.2 Å². The minimum absolute atomic E-state index is 0.368. The van der Waals surface area contributed by atoms with Crippen LogP contribution >= 0.6 is 0 Å². The molecular formula is C24H28F3N3O. The molecule has 0 bridgehead atoms. The van der Waals surface area contributed by atoms with Crippen LogP contribution in [0.4, 0.5) is 13.2 Å². The molecule has 4 rings (SSSR count). The number of rotatable bonds is 7. The van der Waals surface area contributed by atoms with Gasteiger partial charge in [-0.1, -0.05) is 48.5 Å². The fourth-order valence-electron chi connectivity index (χ4n) is 4.47. The SMILES string of the molecule is OC(c1cc2ccccc2[nH]1)N(CC(F)(F)F)C1CCCN(CCc2ccccc2)C1. The van der Waals surface area contributed by atoms with Crippen molar-refractivity contribution in [3.63, 3.8) is 0 Å². The second-order valence-corrected chi connectivity index (χ2v) is 8.31. The van der Waals surface area contributed by atoms with Gasteiger partial charge >= 0.3 is 6.18 Å². The van der Waals surface area contributed by atoms with Crippen LogP contribution < -0.4 is 0 Å². The third kappa shape index (κ3) is 5.67. The number of likely N-dealkylation sites (tertiary alicyclic amines) is 1. The van der Waals surface area contributed by atoms with Crippen LogP contribution in [0.3, 0.4) is 0 Å². The molecule has 0 aliphatic carbocycles. The number of piperidine rings is 1. The second-order valence-electron chi connectivity index (χ2n) is 8.31. The van der Waals surface area contributed by atoms with E-state index in [1.165, 1.54) is 10.5 Å². The van der Waals surface area contributed by atoms with Crippen molar-refractivity contribution >= 4 is 10.9 Å².